The first-order chi connectivity index (χ1) is 9.10. The first kappa shape index (κ1) is 17.0. The summed E-state index contributed by atoms with van der Waals surface area (Å²) in [4.78, 5) is 10.6. The Kier molecular flexibility index (Phi) is 5.65. The minimum Gasteiger partial charge on any atom is -0.465 e. The van der Waals surface area contributed by atoms with Crippen LogP contribution in [0.5, 0.6) is 0 Å². The molecule has 1 atom stereocenters. The summed E-state index contributed by atoms with van der Waals surface area (Å²) >= 11 is 11.9. The molecule has 0 saturated heterocycles. The molecule has 0 fully saturated rings. The molecule has 1 aromatic carbocycles. The number of anilines is 1. The molecule has 0 aliphatic heterocycles. The number of β-amino-alcohol motifs (C(OH)–C–C–N with tert-alkyl or cyclic N) is 1. The second-order valence-electron chi connectivity index (χ2n) is 5.44. The van der Waals surface area contributed by atoms with E-state index in [0.29, 0.717) is 12.1 Å². The third-order valence-electron chi connectivity index (χ3n) is 2.51. The standard InChI is InChI=1S/C13H18Cl2N2O3/c1-13(2,3)16-6-10(18)7-4-8(14)11(9(15)5-7)17-12(19)20/h4-5,10,16-18H,6H2,1-3H3,(H,19,20). The first-order valence-electron chi connectivity index (χ1n) is 6.02. The van der Waals surface area contributed by atoms with Crippen molar-refractivity contribution in [1.82, 2.24) is 5.32 Å². The van der Waals surface area contributed by atoms with Crippen LogP contribution in [0.1, 0.15) is 32.4 Å². The first-order valence-corrected chi connectivity index (χ1v) is 6.78. The molecule has 0 bridgehead atoms. The lowest BCUT2D eigenvalue weighted by atomic mass is 10.1. The molecule has 1 unspecified atom stereocenters. The van der Waals surface area contributed by atoms with E-state index in [0.717, 1.165) is 0 Å². The summed E-state index contributed by atoms with van der Waals surface area (Å²) in [6.45, 7) is 6.29. The highest BCUT2D eigenvalue weighted by molar-refractivity contribution is 6.39. The van der Waals surface area contributed by atoms with Crippen molar-refractivity contribution in [3.05, 3.63) is 27.7 Å². The van der Waals surface area contributed by atoms with Gasteiger partial charge in [-0.1, -0.05) is 23.2 Å². The highest BCUT2D eigenvalue weighted by Crippen LogP contribution is 2.33. The SMILES string of the molecule is CC(C)(C)NCC(O)c1cc(Cl)c(NC(=O)O)c(Cl)c1. The van der Waals surface area contributed by atoms with Gasteiger partial charge in [-0.15, -0.1) is 0 Å². The molecular weight excluding hydrogens is 303 g/mol. The Morgan fingerprint density at radius 2 is 1.80 bits per heavy atom. The van der Waals surface area contributed by atoms with Crippen LogP contribution in [0, 0.1) is 0 Å². The molecule has 0 radical (unpaired) electrons. The van der Waals surface area contributed by atoms with Crippen LogP contribution in [0.15, 0.2) is 12.1 Å². The van der Waals surface area contributed by atoms with Gasteiger partial charge in [-0.05, 0) is 38.5 Å². The maximum atomic E-state index is 10.6. The predicted molar refractivity (Wildman–Crippen MR) is 80.8 cm³/mol. The zero-order valence-corrected chi connectivity index (χ0v) is 13.0. The van der Waals surface area contributed by atoms with Gasteiger partial charge < -0.3 is 15.5 Å². The molecule has 20 heavy (non-hydrogen) atoms. The maximum Gasteiger partial charge on any atom is 0.409 e. The van der Waals surface area contributed by atoms with Crippen molar-refractivity contribution in [1.29, 1.82) is 0 Å². The Morgan fingerprint density at radius 3 is 2.20 bits per heavy atom. The summed E-state index contributed by atoms with van der Waals surface area (Å²) in [6, 6.07) is 2.99. The predicted octanol–water partition coefficient (Wildman–Crippen LogP) is 3.50. The molecule has 0 spiro atoms. The Hall–Kier alpha value is -1.01. The lowest BCUT2D eigenvalue weighted by molar-refractivity contribution is 0.163. The molecule has 0 aliphatic rings. The van der Waals surface area contributed by atoms with E-state index in [4.69, 9.17) is 28.3 Å². The van der Waals surface area contributed by atoms with E-state index in [1.165, 1.54) is 12.1 Å². The van der Waals surface area contributed by atoms with E-state index in [-0.39, 0.29) is 21.3 Å². The average molecular weight is 321 g/mol. The Morgan fingerprint density at radius 1 is 1.30 bits per heavy atom. The fourth-order valence-electron chi connectivity index (χ4n) is 1.53. The lowest BCUT2D eigenvalue weighted by Crippen LogP contribution is -2.38. The van der Waals surface area contributed by atoms with E-state index < -0.39 is 12.2 Å². The van der Waals surface area contributed by atoms with Crippen LogP contribution >= 0.6 is 23.2 Å². The Labute approximate surface area is 127 Å². The molecule has 5 nitrogen and oxygen atoms in total. The van der Waals surface area contributed by atoms with Crippen molar-refractivity contribution in [2.24, 2.45) is 0 Å². The number of nitrogens with one attached hydrogen (secondary N) is 2. The number of aliphatic hydroxyl groups is 1. The van der Waals surface area contributed by atoms with E-state index >= 15 is 0 Å². The van der Waals surface area contributed by atoms with Crippen molar-refractivity contribution in [2.75, 3.05) is 11.9 Å². The molecule has 1 amide bonds. The van der Waals surface area contributed by atoms with Gasteiger partial charge in [0.1, 0.15) is 0 Å². The van der Waals surface area contributed by atoms with Crippen LogP contribution in [-0.4, -0.2) is 28.4 Å². The largest absolute Gasteiger partial charge is 0.465 e. The maximum absolute atomic E-state index is 10.6. The second-order valence-corrected chi connectivity index (χ2v) is 6.25. The van der Waals surface area contributed by atoms with Gasteiger partial charge in [-0.3, -0.25) is 5.32 Å². The van der Waals surface area contributed by atoms with Crippen LogP contribution < -0.4 is 10.6 Å². The third kappa shape index (κ3) is 5.17. The van der Waals surface area contributed by atoms with Gasteiger partial charge in [0, 0.05) is 12.1 Å². The number of carboxylic acid groups (broad SMARTS) is 1. The van der Waals surface area contributed by atoms with E-state index in [9.17, 15) is 9.90 Å². The van der Waals surface area contributed by atoms with E-state index in [2.05, 4.69) is 10.6 Å². The van der Waals surface area contributed by atoms with Gasteiger partial charge in [-0.2, -0.15) is 0 Å². The number of hydrogen-bond acceptors (Lipinski definition) is 3. The number of aliphatic hydroxyl groups excluding tert-OH is 1. The number of hydrogen-bond donors (Lipinski definition) is 4. The molecule has 1 rings (SSSR count). The number of carbonyl (C=O) groups is 1. The molecule has 112 valence electrons. The molecule has 1 aromatic rings. The molecule has 0 aliphatic carbocycles. The van der Waals surface area contributed by atoms with Crippen LogP contribution in [0.4, 0.5) is 10.5 Å². The van der Waals surface area contributed by atoms with Gasteiger partial charge in [-0.25, -0.2) is 4.79 Å². The number of halogens is 2. The number of benzene rings is 1. The molecule has 0 aromatic heterocycles. The monoisotopic (exact) mass is 320 g/mol. The van der Waals surface area contributed by atoms with Crippen LogP contribution in [0.2, 0.25) is 10.0 Å². The van der Waals surface area contributed by atoms with Crippen molar-refractivity contribution in [3.63, 3.8) is 0 Å². The smallest absolute Gasteiger partial charge is 0.409 e. The molecule has 0 saturated carbocycles. The van der Waals surface area contributed by atoms with Crippen molar-refractivity contribution < 1.29 is 15.0 Å². The van der Waals surface area contributed by atoms with Crippen LogP contribution in [-0.2, 0) is 0 Å². The molecule has 0 heterocycles. The minimum absolute atomic E-state index is 0.112. The van der Waals surface area contributed by atoms with Crippen molar-refractivity contribution >= 4 is 35.0 Å². The van der Waals surface area contributed by atoms with Crippen LogP contribution in [0.3, 0.4) is 0 Å². The quantitative estimate of drug-likeness (QED) is 0.684. The molecular formula is C13H18Cl2N2O3. The molecule has 4 N–H and O–H groups in total. The fourth-order valence-corrected chi connectivity index (χ4v) is 2.13. The summed E-state index contributed by atoms with van der Waals surface area (Å²) in [6.07, 6.45) is -2.04. The van der Waals surface area contributed by atoms with E-state index in [1.54, 1.807) is 0 Å². The highest BCUT2D eigenvalue weighted by atomic mass is 35.5. The molecule has 7 heteroatoms. The lowest BCUT2D eigenvalue weighted by Gasteiger charge is -2.23. The van der Waals surface area contributed by atoms with Crippen molar-refractivity contribution in [2.45, 2.75) is 32.4 Å². The van der Waals surface area contributed by atoms with Gasteiger partial charge in [0.15, 0.2) is 0 Å². The Bertz CT molecular complexity index is 478. The van der Waals surface area contributed by atoms with Gasteiger partial charge in [0.25, 0.3) is 0 Å². The summed E-state index contributed by atoms with van der Waals surface area (Å²) in [5.74, 6) is 0. The summed E-state index contributed by atoms with van der Waals surface area (Å²) in [5.41, 5.74) is 0.507. The highest BCUT2D eigenvalue weighted by Gasteiger charge is 2.17. The van der Waals surface area contributed by atoms with E-state index in [1.807, 2.05) is 20.8 Å². The Balaban J connectivity index is 2.90. The third-order valence-corrected chi connectivity index (χ3v) is 3.10. The summed E-state index contributed by atoms with van der Waals surface area (Å²) < 4.78 is 0. The normalized spacial score (nSPS) is 13.1. The number of amides is 1. The van der Waals surface area contributed by atoms with Crippen LogP contribution in [0.25, 0.3) is 0 Å². The average Bonchev–Trinajstić information content (AvgIpc) is 2.29. The van der Waals surface area contributed by atoms with Crippen molar-refractivity contribution in [3.8, 4) is 0 Å². The zero-order chi connectivity index (χ0) is 15.5. The fraction of sp³-hybridized carbons (Fsp3) is 0.462. The van der Waals surface area contributed by atoms with Gasteiger partial charge in [0.05, 0.1) is 21.8 Å². The minimum atomic E-state index is -1.25. The number of rotatable bonds is 4. The topological polar surface area (TPSA) is 81.6 Å². The van der Waals surface area contributed by atoms with Gasteiger partial charge in [0.2, 0.25) is 0 Å². The summed E-state index contributed by atoms with van der Waals surface area (Å²) in [5, 5.41) is 24.3. The van der Waals surface area contributed by atoms with Gasteiger partial charge >= 0.3 is 6.09 Å². The zero-order valence-electron chi connectivity index (χ0n) is 11.5. The second kappa shape index (κ2) is 6.63. The summed E-state index contributed by atoms with van der Waals surface area (Å²) in [7, 11) is 0.